The van der Waals surface area contributed by atoms with Crippen molar-refractivity contribution in [3.05, 3.63) is 53.6 Å². The molecular weight excluding hydrogens is 430 g/mol. The third-order valence-corrected chi connectivity index (χ3v) is 4.29. The second-order valence-electron chi connectivity index (χ2n) is 6.25. The number of unbranched alkanes of at least 4 members (excludes halogenated alkanes) is 1. The van der Waals surface area contributed by atoms with Crippen LogP contribution in [0.5, 0.6) is 17.2 Å². The summed E-state index contributed by atoms with van der Waals surface area (Å²) in [5.74, 6) is 2.05. The minimum absolute atomic E-state index is 0. The summed E-state index contributed by atoms with van der Waals surface area (Å²) in [5, 5.41) is 12.3. The van der Waals surface area contributed by atoms with E-state index in [-0.39, 0.29) is 12.4 Å². The average molecular weight is 462 g/mol. The standard InChI is InChI=1S/C20H22N2O3.C4H9NO.ClH/c1-5-25-20-13-15(7-9-19(20)24-4)16(10-11-21)14-6-8-18(23-3)17(12-14)22-2;5-3-1-2-4-6;/h6-10,12-13,22H,5H2,1-4H3;4H,1-3,5H2;1H/b16-10+;;. The molecule has 0 aliphatic heterocycles. The van der Waals surface area contributed by atoms with Crippen LogP contribution in [0.2, 0.25) is 0 Å². The lowest BCUT2D eigenvalue weighted by Crippen LogP contribution is -1.98. The fourth-order valence-electron chi connectivity index (χ4n) is 2.78. The van der Waals surface area contributed by atoms with Crippen LogP contribution in [0.3, 0.4) is 0 Å². The molecule has 32 heavy (non-hydrogen) atoms. The van der Waals surface area contributed by atoms with Crippen LogP contribution in [-0.4, -0.2) is 40.7 Å². The zero-order valence-corrected chi connectivity index (χ0v) is 19.8. The molecule has 2 aromatic rings. The van der Waals surface area contributed by atoms with Gasteiger partial charge in [0.25, 0.3) is 0 Å². The highest BCUT2D eigenvalue weighted by Crippen LogP contribution is 2.35. The predicted octanol–water partition coefficient (Wildman–Crippen LogP) is 4.45. The van der Waals surface area contributed by atoms with Crippen molar-refractivity contribution in [2.45, 2.75) is 19.8 Å². The highest BCUT2D eigenvalue weighted by molar-refractivity contribution is 5.85. The quantitative estimate of drug-likeness (QED) is 0.306. The smallest absolute Gasteiger partial charge is 0.161 e. The first-order chi connectivity index (χ1) is 15.1. The molecule has 0 aromatic heterocycles. The van der Waals surface area contributed by atoms with Gasteiger partial charge in [-0.2, -0.15) is 5.26 Å². The molecule has 0 saturated carbocycles. The van der Waals surface area contributed by atoms with Gasteiger partial charge in [0.05, 0.1) is 32.6 Å². The van der Waals surface area contributed by atoms with E-state index in [9.17, 15) is 10.1 Å². The highest BCUT2D eigenvalue weighted by Gasteiger charge is 2.12. The van der Waals surface area contributed by atoms with Crippen molar-refractivity contribution < 1.29 is 19.0 Å². The zero-order valence-electron chi connectivity index (χ0n) is 19.0. The maximum Gasteiger partial charge on any atom is 0.161 e. The van der Waals surface area contributed by atoms with Gasteiger partial charge < -0.3 is 30.1 Å². The number of aldehydes is 1. The molecule has 0 spiro atoms. The van der Waals surface area contributed by atoms with E-state index < -0.39 is 0 Å². The zero-order chi connectivity index (χ0) is 23.1. The molecule has 0 atom stereocenters. The molecule has 0 saturated heterocycles. The van der Waals surface area contributed by atoms with Crippen molar-refractivity contribution in [3.63, 3.8) is 0 Å². The van der Waals surface area contributed by atoms with E-state index in [1.165, 1.54) is 6.08 Å². The van der Waals surface area contributed by atoms with Crippen molar-refractivity contribution in [1.82, 2.24) is 0 Å². The van der Waals surface area contributed by atoms with Gasteiger partial charge in [0, 0.05) is 19.5 Å². The number of hydrogen-bond acceptors (Lipinski definition) is 7. The van der Waals surface area contributed by atoms with Crippen LogP contribution < -0.4 is 25.3 Å². The Morgan fingerprint density at radius 1 is 1.09 bits per heavy atom. The Hall–Kier alpha value is -3.21. The van der Waals surface area contributed by atoms with E-state index in [4.69, 9.17) is 19.9 Å². The number of halogens is 1. The molecule has 3 N–H and O–H groups in total. The molecule has 0 radical (unpaired) electrons. The molecule has 0 heterocycles. The number of nitrogens with one attached hydrogen (secondary N) is 1. The van der Waals surface area contributed by atoms with E-state index in [2.05, 4.69) is 11.4 Å². The van der Waals surface area contributed by atoms with Gasteiger partial charge in [-0.1, -0.05) is 12.1 Å². The van der Waals surface area contributed by atoms with E-state index >= 15 is 0 Å². The summed E-state index contributed by atoms with van der Waals surface area (Å²) in [6, 6.07) is 13.5. The molecule has 0 aliphatic carbocycles. The summed E-state index contributed by atoms with van der Waals surface area (Å²) in [7, 11) is 5.06. The molecule has 174 valence electrons. The number of methoxy groups -OCH3 is 2. The Kier molecular flexibility index (Phi) is 14.8. The molecule has 0 fully saturated rings. The van der Waals surface area contributed by atoms with Crippen LogP contribution in [0.15, 0.2) is 42.5 Å². The van der Waals surface area contributed by atoms with Crippen molar-refractivity contribution in [1.29, 1.82) is 5.26 Å². The molecule has 0 bridgehead atoms. The van der Waals surface area contributed by atoms with Crippen molar-refractivity contribution in [2.75, 3.05) is 39.7 Å². The Morgan fingerprint density at radius 2 is 1.72 bits per heavy atom. The van der Waals surface area contributed by atoms with Gasteiger partial charge in [-0.05, 0) is 60.9 Å². The Morgan fingerprint density at radius 3 is 2.19 bits per heavy atom. The largest absolute Gasteiger partial charge is 0.495 e. The second kappa shape index (κ2) is 16.5. The molecule has 8 heteroatoms. The lowest BCUT2D eigenvalue weighted by atomic mass is 9.96. The summed E-state index contributed by atoms with van der Waals surface area (Å²) in [6.45, 7) is 3.07. The lowest BCUT2D eigenvalue weighted by Gasteiger charge is -2.15. The fourth-order valence-corrected chi connectivity index (χ4v) is 2.78. The molecule has 2 rings (SSSR count). The minimum atomic E-state index is 0. The second-order valence-corrected chi connectivity index (χ2v) is 6.25. The number of hydrogen-bond donors (Lipinski definition) is 2. The van der Waals surface area contributed by atoms with E-state index in [1.54, 1.807) is 14.2 Å². The first-order valence-corrected chi connectivity index (χ1v) is 10.0. The van der Waals surface area contributed by atoms with Gasteiger partial charge in [-0.15, -0.1) is 12.4 Å². The normalized spacial score (nSPS) is 9.94. The third kappa shape index (κ3) is 8.50. The average Bonchev–Trinajstić information content (AvgIpc) is 2.81. The van der Waals surface area contributed by atoms with E-state index in [1.807, 2.05) is 50.4 Å². The van der Waals surface area contributed by atoms with Crippen molar-refractivity contribution in [2.24, 2.45) is 5.73 Å². The monoisotopic (exact) mass is 461 g/mol. The molecule has 0 amide bonds. The SMILES string of the molecule is CCOc1cc(/C(=C/C#N)c2ccc(OC)c(NC)c2)ccc1OC.Cl.NCCCC=O. The number of carbonyl (C=O) groups is 1. The summed E-state index contributed by atoms with van der Waals surface area (Å²) in [4.78, 5) is 9.51. The highest BCUT2D eigenvalue weighted by atomic mass is 35.5. The number of rotatable bonds is 10. The van der Waals surface area contributed by atoms with Crippen LogP contribution >= 0.6 is 12.4 Å². The van der Waals surface area contributed by atoms with Crippen molar-refractivity contribution >= 4 is 30.0 Å². The molecular formula is C24H32ClN3O4. The third-order valence-electron chi connectivity index (χ3n) is 4.29. The Labute approximate surface area is 196 Å². The summed E-state index contributed by atoms with van der Waals surface area (Å²) < 4.78 is 16.3. The van der Waals surface area contributed by atoms with Crippen LogP contribution in [0.25, 0.3) is 5.57 Å². The first kappa shape index (κ1) is 28.8. The Balaban J connectivity index is 0.00000121. The van der Waals surface area contributed by atoms with Gasteiger partial charge in [0.1, 0.15) is 12.0 Å². The van der Waals surface area contributed by atoms with Crippen LogP contribution in [0, 0.1) is 11.3 Å². The van der Waals surface area contributed by atoms with E-state index in [0.29, 0.717) is 31.1 Å². The number of carbonyl (C=O) groups excluding carboxylic acids is 1. The number of anilines is 1. The maximum atomic E-state index is 9.51. The molecule has 0 unspecified atom stereocenters. The summed E-state index contributed by atoms with van der Waals surface area (Å²) in [5.41, 5.74) is 8.48. The number of nitrogens with two attached hydrogens (primary N) is 1. The van der Waals surface area contributed by atoms with Crippen molar-refractivity contribution in [3.8, 4) is 23.3 Å². The summed E-state index contributed by atoms with van der Waals surface area (Å²) >= 11 is 0. The van der Waals surface area contributed by atoms with Crippen LogP contribution in [0.4, 0.5) is 5.69 Å². The lowest BCUT2D eigenvalue weighted by molar-refractivity contribution is -0.107. The number of nitrogens with zero attached hydrogens (tertiary/aromatic N) is 1. The molecule has 2 aromatic carbocycles. The fraction of sp³-hybridized carbons (Fsp3) is 0.333. The summed E-state index contributed by atoms with van der Waals surface area (Å²) in [6.07, 6.45) is 3.84. The van der Waals surface area contributed by atoms with E-state index in [0.717, 1.165) is 40.8 Å². The van der Waals surface area contributed by atoms with Gasteiger partial charge in [0.15, 0.2) is 11.5 Å². The maximum absolute atomic E-state index is 9.51. The van der Waals surface area contributed by atoms with Gasteiger partial charge >= 0.3 is 0 Å². The number of ether oxygens (including phenoxy) is 3. The van der Waals surface area contributed by atoms with Gasteiger partial charge in [-0.3, -0.25) is 0 Å². The molecule has 0 aliphatic rings. The number of benzene rings is 2. The minimum Gasteiger partial charge on any atom is -0.495 e. The first-order valence-electron chi connectivity index (χ1n) is 10.0. The van der Waals surface area contributed by atoms with Gasteiger partial charge in [0.2, 0.25) is 0 Å². The van der Waals surface area contributed by atoms with Crippen LogP contribution in [0.1, 0.15) is 30.9 Å². The number of allylic oxidation sites excluding steroid dienone is 1. The van der Waals surface area contributed by atoms with Gasteiger partial charge in [-0.25, -0.2) is 0 Å². The molecule has 7 nitrogen and oxygen atoms in total. The number of nitriles is 1. The predicted molar refractivity (Wildman–Crippen MR) is 131 cm³/mol. The Bertz CT molecular complexity index is 911. The van der Waals surface area contributed by atoms with Crippen LogP contribution in [-0.2, 0) is 4.79 Å². The topological polar surface area (TPSA) is 107 Å².